The van der Waals surface area contributed by atoms with Crippen molar-refractivity contribution in [1.29, 1.82) is 0 Å². The molecule has 0 aliphatic carbocycles. The van der Waals surface area contributed by atoms with E-state index in [1.165, 1.54) is 4.90 Å². The van der Waals surface area contributed by atoms with Gasteiger partial charge < -0.3 is 4.90 Å². The van der Waals surface area contributed by atoms with E-state index >= 15 is 0 Å². The molecular formula is C17H12Cl2N2O. The number of aromatic nitrogens is 1. The van der Waals surface area contributed by atoms with Gasteiger partial charge in [0, 0.05) is 12.7 Å². The first-order valence-corrected chi connectivity index (χ1v) is 7.41. The van der Waals surface area contributed by atoms with Crippen LogP contribution < -0.4 is 4.90 Å². The van der Waals surface area contributed by atoms with E-state index in [-0.39, 0.29) is 21.8 Å². The summed E-state index contributed by atoms with van der Waals surface area (Å²) in [5, 5.41) is 2.69. The molecule has 0 N–H and O–H groups in total. The average molecular weight is 331 g/mol. The smallest absolute Gasteiger partial charge is 0.278 e. The van der Waals surface area contributed by atoms with Gasteiger partial charge in [-0.2, -0.15) is 0 Å². The van der Waals surface area contributed by atoms with Crippen molar-refractivity contribution >= 4 is 45.6 Å². The van der Waals surface area contributed by atoms with E-state index in [0.29, 0.717) is 0 Å². The minimum absolute atomic E-state index is 0.143. The lowest BCUT2D eigenvalue weighted by Gasteiger charge is -2.18. The maximum absolute atomic E-state index is 12.6. The van der Waals surface area contributed by atoms with Crippen molar-refractivity contribution in [2.24, 2.45) is 0 Å². The van der Waals surface area contributed by atoms with Crippen molar-refractivity contribution in [2.45, 2.75) is 0 Å². The summed E-state index contributed by atoms with van der Waals surface area (Å²) < 4.78 is 0. The minimum Gasteiger partial charge on any atom is -0.310 e. The second-order valence-corrected chi connectivity index (χ2v) is 5.65. The zero-order chi connectivity index (χ0) is 15.7. The lowest BCUT2D eigenvalue weighted by Crippen LogP contribution is -2.27. The van der Waals surface area contributed by atoms with Crippen LogP contribution in [-0.2, 0) is 0 Å². The summed E-state index contributed by atoms with van der Waals surface area (Å²) in [6, 6.07) is 16.9. The molecule has 0 bridgehead atoms. The Balaban J connectivity index is 1.99. The van der Waals surface area contributed by atoms with Gasteiger partial charge in [-0.3, -0.25) is 4.79 Å². The van der Waals surface area contributed by atoms with Gasteiger partial charge in [0.1, 0.15) is 10.8 Å². The Morgan fingerprint density at radius 1 is 1.00 bits per heavy atom. The fourth-order valence-corrected chi connectivity index (χ4v) is 2.56. The molecule has 0 aliphatic heterocycles. The normalized spacial score (nSPS) is 10.7. The van der Waals surface area contributed by atoms with Crippen LogP contribution in [0.5, 0.6) is 0 Å². The van der Waals surface area contributed by atoms with Gasteiger partial charge in [-0.25, -0.2) is 4.98 Å². The van der Waals surface area contributed by atoms with Gasteiger partial charge in [0.15, 0.2) is 0 Å². The number of anilines is 1. The van der Waals surface area contributed by atoms with E-state index in [1.807, 2.05) is 42.5 Å². The molecular weight excluding hydrogens is 319 g/mol. The van der Waals surface area contributed by atoms with Gasteiger partial charge in [-0.1, -0.05) is 53.5 Å². The highest BCUT2D eigenvalue weighted by Gasteiger charge is 2.18. The lowest BCUT2D eigenvalue weighted by atomic mass is 10.1. The zero-order valence-corrected chi connectivity index (χ0v) is 13.3. The van der Waals surface area contributed by atoms with Crippen LogP contribution in [0.4, 0.5) is 5.69 Å². The lowest BCUT2D eigenvalue weighted by molar-refractivity contribution is 0.0988. The van der Waals surface area contributed by atoms with Crippen molar-refractivity contribution in [3.05, 3.63) is 70.5 Å². The second kappa shape index (κ2) is 5.95. The number of hydrogen-bond acceptors (Lipinski definition) is 2. The zero-order valence-electron chi connectivity index (χ0n) is 11.8. The van der Waals surface area contributed by atoms with E-state index in [1.54, 1.807) is 19.2 Å². The Bertz CT molecular complexity index is 864. The number of nitrogens with zero attached hydrogens (tertiary/aromatic N) is 2. The van der Waals surface area contributed by atoms with Gasteiger partial charge in [0.2, 0.25) is 0 Å². The molecule has 110 valence electrons. The number of hydrogen-bond donors (Lipinski definition) is 0. The second-order valence-electron chi connectivity index (χ2n) is 4.86. The third-order valence-corrected chi connectivity index (χ3v) is 3.96. The van der Waals surface area contributed by atoms with Gasteiger partial charge >= 0.3 is 0 Å². The molecule has 3 aromatic rings. The van der Waals surface area contributed by atoms with Crippen molar-refractivity contribution < 1.29 is 4.79 Å². The molecule has 5 heteroatoms. The van der Waals surface area contributed by atoms with Crippen molar-refractivity contribution in [1.82, 2.24) is 4.98 Å². The molecule has 0 saturated heterocycles. The Labute approximate surface area is 138 Å². The summed E-state index contributed by atoms with van der Waals surface area (Å²) in [6.07, 6.45) is 0. The Kier molecular flexibility index (Phi) is 4.01. The summed E-state index contributed by atoms with van der Waals surface area (Å²) in [5.41, 5.74) is 0.909. The van der Waals surface area contributed by atoms with Crippen LogP contribution in [0.1, 0.15) is 10.5 Å². The van der Waals surface area contributed by atoms with Gasteiger partial charge in [0.25, 0.3) is 5.91 Å². The van der Waals surface area contributed by atoms with Gasteiger partial charge in [0.05, 0.1) is 5.02 Å². The van der Waals surface area contributed by atoms with Crippen LogP contribution in [0.2, 0.25) is 10.2 Å². The SMILES string of the molecule is CN(C(=O)c1nc(Cl)ccc1Cl)c1ccc2ccccc2c1. The molecule has 0 radical (unpaired) electrons. The van der Waals surface area contributed by atoms with Crippen LogP contribution in [0.25, 0.3) is 10.8 Å². The summed E-state index contributed by atoms with van der Waals surface area (Å²) in [7, 11) is 1.69. The number of benzene rings is 2. The molecule has 0 saturated carbocycles. The number of carbonyl (C=O) groups is 1. The molecule has 1 heterocycles. The van der Waals surface area contributed by atoms with Gasteiger partial charge in [-0.15, -0.1) is 0 Å². The largest absolute Gasteiger partial charge is 0.310 e. The first kappa shape index (κ1) is 14.8. The van der Waals surface area contributed by atoms with Crippen LogP contribution >= 0.6 is 23.2 Å². The number of rotatable bonds is 2. The topological polar surface area (TPSA) is 33.2 Å². The number of carbonyl (C=O) groups excluding carboxylic acids is 1. The number of amides is 1. The molecule has 3 nitrogen and oxygen atoms in total. The van der Waals surface area contributed by atoms with Crippen molar-refractivity contribution in [3.8, 4) is 0 Å². The molecule has 1 aromatic heterocycles. The maximum atomic E-state index is 12.6. The van der Waals surface area contributed by atoms with Crippen LogP contribution in [-0.4, -0.2) is 17.9 Å². The number of fused-ring (bicyclic) bond motifs is 1. The fraction of sp³-hybridized carbons (Fsp3) is 0.0588. The molecule has 0 spiro atoms. The average Bonchev–Trinajstić information content (AvgIpc) is 2.55. The first-order chi connectivity index (χ1) is 10.6. The van der Waals surface area contributed by atoms with Gasteiger partial charge in [-0.05, 0) is 35.0 Å². The molecule has 22 heavy (non-hydrogen) atoms. The predicted octanol–water partition coefficient (Wildman–Crippen LogP) is 4.82. The predicted molar refractivity (Wildman–Crippen MR) is 90.9 cm³/mol. The number of halogens is 2. The molecule has 1 amide bonds. The van der Waals surface area contributed by atoms with Crippen molar-refractivity contribution in [2.75, 3.05) is 11.9 Å². The van der Waals surface area contributed by atoms with E-state index in [9.17, 15) is 4.79 Å². The van der Waals surface area contributed by atoms with Crippen LogP contribution in [0.3, 0.4) is 0 Å². The highest BCUT2D eigenvalue weighted by atomic mass is 35.5. The fourth-order valence-electron chi connectivity index (χ4n) is 2.23. The standard InChI is InChI=1S/C17H12Cl2N2O/c1-21(17(22)16-14(18)8-9-15(19)20-16)13-7-6-11-4-2-3-5-12(11)10-13/h2-10H,1H3. The minimum atomic E-state index is -0.303. The highest BCUT2D eigenvalue weighted by molar-refractivity contribution is 6.35. The van der Waals surface area contributed by atoms with Crippen molar-refractivity contribution in [3.63, 3.8) is 0 Å². The summed E-state index contributed by atoms with van der Waals surface area (Å²) in [6.45, 7) is 0. The maximum Gasteiger partial charge on any atom is 0.278 e. The first-order valence-electron chi connectivity index (χ1n) is 6.65. The Morgan fingerprint density at radius 3 is 2.50 bits per heavy atom. The van der Waals surface area contributed by atoms with E-state index < -0.39 is 0 Å². The third-order valence-electron chi connectivity index (χ3n) is 3.44. The Morgan fingerprint density at radius 2 is 1.73 bits per heavy atom. The monoisotopic (exact) mass is 330 g/mol. The molecule has 0 aliphatic rings. The molecule has 3 rings (SSSR count). The summed E-state index contributed by atoms with van der Waals surface area (Å²) in [4.78, 5) is 18.1. The summed E-state index contributed by atoms with van der Waals surface area (Å²) >= 11 is 11.9. The third kappa shape index (κ3) is 2.78. The van der Waals surface area contributed by atoms with Crippen LogP contribution in [0.15, 0.2) is 54.6 Å². The molecule has 0 unspecified atom stereocenters. The van der Waals surface area contributed by atoms with E-state index in [0.717, 1.165) is 16.5 Å². The molecule has 0 fully saturated rings. The van der Waals surface area contributed by atoms with E-state index in [4.69, 9.17) is 23.2 Å². The quantitative estimate of drug-likeness (QED) is 0.631. The van der Waals surface area contributed by atoms with Crippen LogP contribution in [0, 0.1) is 0 Å². The molecule has 2 aromatic carbocycles. The Hall–Kier alpha value is -2.10. The number of pyridine rings is 1. The highest BCUT2D eigenvalue weighted by Crippen LogP contribution is 2.24. The van der Waals surface area contributed by atoms with E-state index in [2.05, 4.69) is 4.98 Å². The summed E-state index contributed by atoms with van der Waals surface area (Å²) in [5.74, 6) is -0.303. The molecule has 0 atom stereocenters.